The fraction of sp³-hybridized carbons (Fsp3) is 0.533. The minimum Gasteiger partial charge on any atom is -0.382 e. The van der Waals surface area contributed by atoms with E-state index in [0.29, 0.717) is 6.04 Å². The lowest BCUT2D eigenvalue weighted by Crippen LogP contribution is -2.44. The number of nitrogens with zero attached hydrogens (tertiary/aromatic N) is 1. The van der Waals surface area contributed by atoms with Gasteiger partial charge in [-0.1, -0.05) is 31.5 Å². The number of primary amides is 1. The third-order valence-electron chi connectivity index (χ3n) is 3.70. The van der Waals surface area contributed by atoms with E-state index >= 15 is 0 Å². The highest BCUT2D eigenvalue weighted by atomic mass is 16.2. The van der Waals surface area contributed by atoms with E-state index in [-0.39, 0.29) is 6.03 Å². The van der Waals surface area contributed by atoms with Crippen molar-refractivity contribution in [3.05, 3.63) is 29.8 Å². The number of likely N-dealkylation sites (tertiary alicyclic amines) is 1. The molecule has 2 amide bonds. The molecule has 4 heteroatoms. The molecule has 0 spiro atoms. The lowest BCUT2D eigenvalue weighted by molar-refractivity contribution is 0.193. The second-order valence-corrected chi connectivity index (χ2v) is 5.15. The molecule has 0 aromatic heterocycles. The largest absolute Gasteiger partial charge is 0.382 e. The molecule has 1 aromatic carbocycles. The van der Waals surface area contributed by atoms with Gasteiger partial charge in [0.15, 0.2) is 0 Å². The molecule has 0 atom stereocenters. The van der Waals surface area contributed by atoms with Gasteiger partial charge in [-0.25, -0.2) is 4.79 Å². The van der Waals surface area contributed by atoms with Gasteiger partial charge in [-0.15, -0.1) is 0 Å². The zero-order valence-corrected chi connectivity index (χ0v) is 11.6. The molecule has 1 heterocycles. The number of hydrogen-bond acceptors (Lipinski definition) is 2. The Hall–Kier alpha value is -1.71. The first-order chi connectivity index (χ1) is 9.20. The molecule has 0 unspecified atom stereocenters. The lowest BCUT2D eigenvalue weighted by Gasteiger charge is -2.32. The maximum atomic E-state index is 11.1. The first-order valence-electron chi connectivity index (χ1n) is 7.09. The van der Waals surface area contributed by atoms with Gasteiger partial charge in [-0.2, -0.15) is 0 Å². The van der Waals surface area contributed by atoms with Crippen molar-refractivity contribution in [3.63, 3.8) is 0 Å². The number of amides is 2. The van der Waals surface area contributed by atoms with E-state index in [2.05, 4.69) is 36.5 Å². The molecule has 2 rings (SSSR count). The Bertz CT molecular complexity index is 425. The highest BCUT2D eigenvalue weighted by molar-refractivity contribution is 5.72. The number of carbonyl (C=O) groups is 1. The summed E-state index contributed by atoms with van der Waals surface area (Å²) in [5.74, 6) is 0. The summed E-state index contributed by atoms with van der Waals surface area (Å²) in [4.78, 5) is 12.8. The van der Waals surface area contributed by atoms with Crippen molar-refractivity contribution < 1.29 is 4.79 Å². The van der Waals surface area contributed by atoms with E-state index < -0.39 is 0 Å². The maximum absolute atomic E-state index is 11.1. The number of urea groups is 1. The second kappa shape index (κ2) is 6.45. The highest BCUT2D eigenvalue weighted by Gasteiger charge is 2.21. The predicted molar refractivity (Wildman–Crippen MR) is 78.2 cm³/mol. The maximum Gasteiger partial charge on any atom is 0.314 e. The van der Waals surface area contributed by atoms with Crippen molar-refractivity contribution in [3.8, 4) is 0 Å². The minimum absolute atomic E-state index is 0.301. The van der Waals surface area contributed by atoms with Crippen LogP contribution in [-0.2, 0) is 6.42 Å². The molecule has 0 radical (unpaired) electrons. The Morgan fingerprint density at radius 3 is 2.68 bits per heavy atom. The van der Waals surface area contributed by atoms with Crippen LogP contribution in [0.3, 0.4) is 0 Å². The van der Waals surface area contributed by atoms with Gasteiger partial charge in [0.1, 0.15) is 0 Å². The van der Waals surface area contributed by atoms with E-state index in [1.54, 1.807) is 4.90 Å². The molecule has 1 fully saturated rings. The zero-order chi connectivity index (χ0) is 13.7. The van der Waals surface area contributed by atoms with Gasteiger partial charge in [-0.05, 0) is 30.9 Å². The van der Waals surface area contributed by atoms with Gasteiger partial charge in [0.25, 0.3) is 0 Å². The zero-order valence-electron chi connectivity index (χ0n) is 11.6. The van der Waals surface area contributed by atoms with E-state index in [1.165, 1.54) is 11.3 Å². The standard InChI is InChI=1S/C15H23N3O/c1-2-5-12-6-3-4-7-14(12)17-13-8-10-18(11-9-13)15(16)19/h3-4,6-7,13,17H,2,5,8-11H2,1H3,(H2,16,19). The van der Waals surface area contributed by atoms with E-state index in [0.717, 1.165) is 38.8 Å². The molecule has 0 bridgehead atoms. The van der Waals surface area contributed by atoms with Crippen LogP contribution in [0.25, 0.3) is 0 Å². The van der Waals surface area contributed by atoms with Crippen LogP contribution in [0.15, 0.2) is 24.3 Å². The normalized spacial score (nSPS) is 16.4. The number of nitrogens with one attached hydrogen (secondary N) is 1. The summed E-state index contributed by atoms with van der Waals surface area (Å²) in [6.45, 7) is 3.70. The van der Waals surface area contributed by atoms with Gasteiger partial charge in [0, 0.05) is 24.8 Å². The Morgan fingerprint density at radius 1 is 1.37 bits per heavy atom. The van der Waals surface area contributed by atoms with Crippen molar-refractivity contribution in [1.29, 1.82) is 0 Å². The van der Waals surface area contributed by atoms with Crippen LogP contribution in [0, 0.1) is 0 Å². The van der Waals surface area contributed by atoms with Crippen LogP contribution in [0.1, 0.15) is 31.7 Å². The van der Waals surface area contributed by atoms with E-state index in [4.69, 9.17) is 5.73 Å². The molecular weight excluding hydrogens is 238 g/mol. The third kappa shape index (κ3) is 3.63. The van der Waals surface area contributed by atoms with Gasteiger partial charge in [0.05, 0.1) is 0 Å². The van der Waals surface area contributed by atoms with Crippen molar-refractivity contribution in [2.45, 2.75) is 38.6 Å². The SMILES string of the molecule is CCCc1ccccc1NC1CCN(C(N)=O)CC1. The molecule has 0 saturated carbocycles. The number of rotatable bonds is 4. The monoisotopic (exact) mass is 261 g/mol. The average molecular weight is 261 g/mol. The number of anilines is 1. The van der Waals surface area contributed by atoms with Crippen molar-refractivity contribution in [1.82, 2.24) is 4.90 Å². The Labute approximate surface area is 115 Å². The summed E-state index contributed by atoms with van der Waals surface area (Å²) in [6, 6.07) is 8.63. The molecule has 0 aliphatic carbocycles. The number of piperidine rings is 1. The number of aryl methyl sites for hydroxylation is 1. The summed E-state index contributed by atoms with van der Waals surface area (Å²) >= 11 is 0. The Balaban J connectivity index is 1.93. The number of nitrogens with two attached hydrogens (primary N) is 1. The number of benzene rings is 1. The fourth-order valence-electron chi connectivity index (χ4n) is 2.61. The highest BCUT2D eigenvalue weighted by Crippen LogP contribution is 2.21. The summed E-state index contributed by atoms with van der Waals surface area (Å²) in [6.07, 6.45) is 4.18. The van der Waals surface area contributed by atoms with E-state index in [9.17, 15) is 4.79 Å². The van der Waals surface area contributed by atoms with Gasteiger partial charge in [-0.3, -0.25) is 0 Å². The van der Waals surface area contributed by atoms with Crippen LogP contribution in [0.4, 0.5) is 10.5 Å². The first-order valence-corrected chi connectivity index (χ1v) is 7.09. The van der Waals surface area contributed by atoms with Crippen molar-refractivity contribution in [2.24, 2.45) is 5.73 Å². The molecule has 19 heavy (non-hydrogen) atoms. The molecular formula is C15H23N3O. The second-order valence-electron chi connectivity index (χ2n) is 5.15. The van der Waals surface area contributed by atoms with Gasteiger partial charge >= 0.3 is 6.03 Å². The molecule has 104 valence electrons. The van der Waals surface area contributed by atoms with Crippen LogP contribution >= 0.6 is 0 Å². The summed E-state index contributed by atoms with van der Waals surface area (Å²) in [7, 11) is 0. The fourth-order valence-corrected chi connectivity index (χ4v) is 2.61. The third-order valence-corrected chi connectivity index (χ3v) is 3.70. The average Bonchev–Trinajstić information content (AvgIpc) is 2.42. The van der Waals surface area contributed by atoms with Gasteiger partial charge < -0.3 is 16.0 Å². The Kier molecular flexibility index (Phi) is 4.66. The molecule has 1 aliphatic heterocycles. The van der Waals surface area contributed by atoms with E-state index in [1.807, 2.05) is 0 Å². The number of para-hydroxylation sites is 1. The van der Waals surface area contributed by atoms with Crippen LogP contribution < -0.4 is 11.1 Å². The number of carbonyl (C=O) groups excluding carboxylic acids is 1. The van der Waals surface area contributed by atoms with Crippen LogP contribution in [0.2, 0.25) is 0 Å². The lowest BCUT2D eigenvalue weighted by atomic mass is 10.0. The quantitative estimate of drug-likeness (QED) is 0.875. The smallest absolute Gasteiger partial charge is 0.314 e. The van der Waals surface area contributed by atoms with Crippen LogP contribution in [-0.4, -0.2) is 30.1 Å². The van der Waals surface area contributed by atoms with Crippen molar-refractivity contribution >= 4 is 11.7 Å². The summed E-state index contributed by atoms with van der Waals surface area (Å²) in [5, 5.41) is 3.61. The number of hydrogen-bond donors (Lipinski definition) is 2. The first kappa shape index (κ1) is 13.7. The molecule has 1 aromatic rings. The molecule has 3 N–H and O–H groups in total. The Morgan fingerprint density at radius 2 is 2.05 bits per heavy atom. The molecule has 1 aliphatic rings. The van der Waals surface area contributed by atoms with Crippen LogP contribution in [0.5, 0.6) is 0 Å². The molecule has 4 nitrogen and oxygen atoms in total. The predicted octanol–water partition coefficient (Wildman–Crippen LogP) is 2.59. The van der Waals surface area contributed by atoms with Gasteiger partial charge in [0.2, 0.25) is 0 Å². The summed E-state index contributed by atoms with van der Waals surface area (Å²) in [5.41, 5.74) is 7.91. The molecule has 1 saturated heterocycles. The van der Waals surface area contributed by atoms with Crippen molar-refractivity contribution in [2.75, 3.05) is 18.4 Å². The topological polar surface area (TPSA) is 58.4 Å². The minimum atomic E-state index is -0.301. The summed E-state index contributed by atoms with van der Waals surface area (Å²) < 4.78 is 0.